The van der Waals surface area contributed by atoms with Crippen LogP contribution in [0.5, 0.6) is 0 Å². The van der Waals surface area contributed by atoms with Gasteiger partial charge in [-0.25, -0.2) is 14.4 Å². The minimum atomic E-state index is -1.20. The zero-order chi connectivity index (χ0) is 16.3. The summed E-state index contributed by atoms with van der Waals surface area (Å²) in [5.74, 6) is -0.879. The summed E-state index contributed by atoms with van der Waals surface area (Å²) < 4.78 is 8.36. The van der Waals surface area contributed by atoms with E-state index in [0.717, 1.165) is 0 Å². The molecule has 1 aromatic rings. The highest BCUT2D eigenvalue weighted by Gasteiger charge is 2.12. The quantitative estimate of drug-likeness (QED) is 0.651. The lowest BCUT2D eigenvalue weighted by Crippen LogP contribution is -2.30. The summed E-state index contributed by atoms with van der Waals surface area (Å²) in [5, 5.41) is 8.38. The van der Waals surface area contributed by atoms with E-state index in [2.05, 4.69) is 20.9 Å². The number of carboxylic acids is 1. The smallest absolute Gasteiger partial charge is 0.405 e. The van der Waals surface area contributed by atoms with E-state index in [9.17, 15) is 19.2 Å². The normalized spacial score (nSPS) is 10.3. The minimum Gasteiger partial charge on any atom is -0.478 e. The van der Waals surface area contributed by atoms with E-state index in [4.69, 9.17) is 5.11 Å². The summed E-state index contributed by atoms with van der Waals surface area (Å²) >= 11 is 0. The van der Waals surface area contributed by atoms with Crippen LogP contribution in [0.1, 0.15) is 10.4 Å². The number of aromatic carboxylic acids is 1. The average Bonchev–Trinajstić information content (AvgIpc) is 2.44. The first kappa shape index (κ1) is 17.9. The van der Waals surface area contributed by atoms with Gasteiger partial charge in [0.25, 0.3) is 0 Å². The Kier molecular flexibility index (Phi) is 8.34. The van der Waals surface area contributed by atoms with Crippen LogP contribution in [-0.2, 0) is 14.3 Å². The zero-order valence-electron chi connectivity index (χ0n) is 10.8. The highest BCUT2D eigenvalue weighted by atomic mass is 16.6. The fourth-order valence-electron chi connectivity index (χ4n) is 0.995. The van der Waals surface area contributed by atoms with Gasteiger partial charge in [-0.15, -0.1) is 0 Å². The maximum absolute atomic E-state index is 10.2. The van der Waals surface area contributed by atoms with Gasteiger partial charge in [0, 0.05) is 0 Å². The van der Waals surface area contributed by atoms with E-state index in [1.807, 2.05) is 0 Å². The van der Waals surface area contributed by atoms with Gasteiger partial charge in [-0.05, 0) is 12.1 Å². The number of primary amides is 2. The van der Waals surface area contributed by atoms with Crippen LogP contribution in [0.3, 0.4) is 0 Å². The number of rotatable bonds is 5. The van der Waals surface area contributed by atoms with Crippen LogP contribution in [0.4, 0.5) is 9.59 Å². The van der Waals surface area contributed by atoms with Crippen LogP contribution in [0.2, 0.25) is 0 Å². The molecule has 0 aliphatic carbocycles. The molecule has 0 heterocycles. The molecule has 2 amide bonds. The second kappa shape index (κ2) is 9.78. The number of carboxylic acid groups (broad SMARTS) is 1. The molecule has 0 aromatic heterocycles. The zero-order valence-corrected chi connectivity index (χ0v) is 10.8. The standard InChI is InChI=1S/C7H6O2.C5H8N2O5/c8-7(9)6-4-2-1-3-5-6;6-4(9)11-2-3(1-8)12-5(7)10/h1-5H,(H,8,9);1,3H,2H2,(H2,6,9)(H2,7,10). The van der Waals surface area contributed by atoms with Gasteiger partial charge in [0.05, 0.1) is 5.56 Å². The molecule has 0 radical (unpaired) electrons. The molecule has 9 heteroatoms. The van der Waals surface area contributed by atoms with Crippen LogP contribution in [0.25, 0.3) is 0 Å². The van der Waals surface area contributed by atoms with Crippen LogP contribution < -0.4 is 11.5 Å². The first-order chi connectivity index (χ1) is 9.86. The van der Waals surface area contributed by atoms with Gasteiger partial charge in [0.15, 0.2) is 12.4 Å². The molecule has 0 fully saturated rings. The highest BCUT2D eigenvalue weighted by molar-refractivity contribution is 5.87. The maximum Gasteiger partial charge on any atom is 0.405 e. The summed E-state index contributed by atoms with van der Waals surface area (Å²) in [4.78, 5) is 40.4. The molecule has 0 saturated heterocycles. The number of carbonyl (C=O) groups excluding carboxylic acids is 3. The van der Waals surface area contributed by atoms with Crippen LogP contribution in [-0.4, -0.2) is 42.3 Å². The second-order valence-corrected chi connectivity index (χ2v) is 3.41. The molecular weight excluding hydrogens is 284 g/mol. The van der Waals surface area contributed by atoms with Gasteiger partial charge in [-0.1, -0.05) is 18.2 Å². The van der Waals surface area contributed by atoms with Crippen LogP contribution in [0.15, 0.2) is 30.3 Å². The molecule has 0 spiro atoms. The Hall–Kier alpha value is -3.10. The molecule has 114 valence electrons. The highest BCUT2D eigenvalue weighted by Crippen LogP contribution is 1.96. The molecule has 1 atom stereocenters. The van der Waals surface area contributed by atoms with Crippen molar-refractivity contribution in [2.24, 2.45) is 11.5 Å². The number of benzene rings is 1. The van der Waals surface area contributed by atoms with Crippen molar-refractivity contribution in [1.82, 2.24) is 0 Å². The number of amides is 2. The summed E-state index contributed by atoms with van der Waals surface area (Å²) in [6, 6.07) is 8.30. The van der Waals surface area contributed by atoms with Gasteiger partial charge in [0.1, 0.15) is 6.61 Å². The Labute approximate surface area is 119 Å². The van der Waals surface area contributed by atoms with Gasteiger partial charge < -0.3 is 26.0 Å². The van der Waals surface area contributed by atoms with Crippen molar-refractivity contribution in [1.29, 1.82) is 0 Å². The van der Waals surface area contributed by atoms with Gasteiger partial charge in [-0.2, -0.15) is 0 Å². The molecular formula is C12H14N2O7. The summed E-state index contributed by atoms with van der Waals surface area (Å²) in [5.41, 5.74) is 9.49. The number of aldehydes is 1. The van der Waals surface area contributed by atoms with Crippen molar-refractivity contribution in [2.45, 2.75) is 6.10 Å². The van der Waals surface area contributed by atoms with Crippen LogP contribution in [0, 0.1) is 0 Å². The first-order valence-electron chi connectivity index (χ1n) is 5.48. The Morgan fingerprint density at radius 3 is 2.05 bits per heavy atom. The lowest BCUT2D eigenvalue weighted by atomic mass is 10.2. The largest absolute Gasteiger partial charge is 0.478 e. The predicted octanol–water partition coefficient (Wildman–Crippen LogP) is 0.129. The Morgan fingerprint density at radius 1 is 1.14 bits per heavy atom. The Bertz CT molecular complexity index is 490. The maximum atomic E-state index is 10.2. The van der Waals surface area contributed by atoms with Crippen LogP contribution >= 0.6 is 0 Å². The minimum absolute atomic E-state index is 0.272. The monoisotopic (exact) mass is 298 g/mol. The average molecular weight is 298 g/mol. The van der Waals surface area contributed by atoms with E-state index in [-0.39, 0.29) is 6.29 Å². The van der Waals surface area contributed by atoms with E-state index in [1.165, 1.54) is 0 Å². The molecule has 0 saturated carbocycles. The number of nitrogens with two attached hydrogens (primary N) is 2. The predicted molar refractivity (Wildman–Crippen MR) is 69.5 cm³/mol. The summed E-state index contributed by atoms with van der Waals surface area (Å²) in [6.07, 6.45) is -3.11. The van der Waals surface area contributed by atoms with Crippen molar-refractivity contribution in [3.05, 3.63) is 35.9 Å². The first-order valence-corrected chi connectivity index (χ1v) is 5.48. The summed E-state index contributed by atoms with van der Waals surface area (Å²) in [6.45, 7) is -0.429. The molecule has 1 rings (SSSR count). The van der Waals surface area contributed by atoms with Crippen molar-refractivity contribution in [2.75, 3.05) is 6.61 Å². The third-order valence-electron chi connectivity index (χ3n) is 1.83. The molecule has 0 aliphatic rings. The van der Waals surface area contributed by atoms with E-state index in [0.29, 0.717) is 5.56 Å². The molecule has 1 aromatic carbocycles. The SMILES string of the molecule is NC(=O)OCC(C=O)OC(N)=O.O=C(O)c1ccccc1. The lowest BCUT2D eigenvalue weighted by Gasteiger charge is -2.08. The van der Waals surface area contributed by atoms with Crippen molar-refractivity contribution < 1.29 is 33.8 Å². The van der Waals surface area contributed by atoms with Gasteiger partial charge >= 0.3 is 18.2 Å². The van der Waals surface area contributed by atoms with Crippen molar-refractivity contribution >= 4 is 24.4 Å². The molecule has 0 aliphatic heterocycles. The second-order valence-electron chi connectivity index (χ2n) is 3.41. The lowest BCUT2D eigenvalue weighted by molar-refractivity contribution is -0.116. The fraction of sp³-hybridized carbons (Fsp3) is 0.167. The number of carbonyl (C=O) groups is 4. The number of hydrogen-bond donors (Lipinski definition) is 3. The Morgan fingerprint density at radius 2 is 1.71 bits per heavy atom. The molecule has 1 unspecified atom stereocenters. The van der Waals surface area contributed by atoms with Gasteiger partial charge in [0.2, 0.25) is 0 Å². The molecule has 21 heavy (non-hydrogen) atoms. The van der Waals surface area contributed by atoms with E-state index in [1.54, 1.807) is 30.3 Å². The molecule has 0 bridgehead atoms. The van der Waals surface area contributed by atoms with Crippen molar-refractivity contribution in [3.8, 4) is 0 Å². The third-order valence-corrected chi connectivity index (χ3v) is 1.83. The van der Waals surface area contributed by atoms with E-state index >= 15 is 0 Å². The topological polar surface area (TPSA) is 159 Å². The Balaban J connectivity index is 0.000000394. The number of ether oxygens (including phenoxy) is 2. The molecule has 5 N–H and O–H groups in total. The third kappa shape index (κ3) is 9.47. The van der Waals surface area contributed by atoms with E-state index < -0.39 is 30.9 Å². The van der Waals surface area contributed by atoms with Gasteiger partial charge in [-0.3, -0.25) is 4.79 Å². The number of hydrogen-bond acceptors (Lipinski definition) is 6. The summed E-state index contributed by atoms with van der Waals surface area (Å²) in [7, 11) is 0. The van der Waals surface area contributed by atoms with Crippen molar-refractivity contribution in [3.63, 3.8) is 0 Å². The fourth-order valence-corrected chi connectivity index (χ4v) is 0.995. The molecule has 9 nitrogen and oxygen atoms in total.